The fourth-order valence-electron chi connectivity index (χ4n) is 4.36. The summed E-state index contributed by atoms with van der Waals surface area (Å²) in [7, 11) is 0. The van der Waals surface area contributed by atoms with Crippen LogP contribution in [0.1, 0.15) is 37.1 Å². The summed E-state index contributed by atoms with van der Waals surface area (Å²) in [5.41, 5.74) is 3.87. The molecule has 1 fully saturated rings. The molecule has 0 unspecified atom stereocenters. The fraction of sp³-hybridized carbons (Fsp3) is 0.280. The van der Waals surface area contributed by atoms with Gasteiger partial charge in [-0.15, -0.1) is 0 Å². The van der Waals surface area contributed by atoms with E-state index >= 15 is 0 Å². The topological polar surface area (TPSA) is 39.4 Å². The molecule has 4 nitrogen and oxygen atoms in total. The molecule has 0 spiro atoms. The fourth-order valence-corrected chi connectivity index (χ4v) is 4.59. The van der Waals surface area contributed by atoms with E-state index in [0.29, 0.717) is 17.7 Å². The SMILES string of the molecule is Clc1nccn2c(CC3CCCC3)nc(-c3cccc(OCc4ccccc4)c3)c12. The monoisotopic (exact) mass is 417 g/mol. The van der Waals surface area contributed by atoms with E-state index in [4.69, 9.17) is 21.3 Å². The van der Waals surface area contributed by atoms with E-state index in [1.165, 1.54) is 25.7 Å². The van der Waals surface area contributed by atoms with E-state index in [1.807, 2.05) is 42.6 Å². The second-order valence-corrected chi connectivity index (χ2v) is 8.33. The summed E-state index contributed by atoms with van der Waals surface area (Å²) in [5, 5.41) is 0.480. The molecule has 2 aromatic heterocycles. The zero-order valence-electron chi connectivity index (χ0n) is 16.8. The van der Waals surface area contributed by atoms with Crippen molar-refractivity contribution in [2.24, 2.45) is 5.92 Å². The van der Waals surface area contributed by atoms with Crippen molar-refractivity contribution in [1.29, 1.82) is 0 Å². The summed E-state index contributed by atoms with van der Waals surface area (Å²) < 4.78 is 8.14. The Bertz CT molecular complexity index is 1150. The molecule has 0 N–H and O–H groups in total. The molecule has 30 heavy (non-hydrogen) atoms. The first kappa shape index (κ1) is 19.1. The molecule has 1 saturated carbocycles. The summed E-state index contributed by atoms with van der Waals surface area (Å²) in [6, 6.07) is 18.2. The standard InChI is InChI=1S/C25H24ClN3O/c26-25-24-23(28-22(29(24)14-13-27-25)15-18-7-4-5-8-18)20-11-6-12-21(16-20)30-17-19-9-2-1-3-10-19/h1-3,6,9-14,16,18H,4-5,7-8,15,17H2. The number of fused-ring (bicyclic) bond motifs is 1. The highest BCUT2D eigenvalue weighted by atomic mass is 35.5. The summed E-state index contributed by atoms with van der Waals surface area (Å²) in [6.45, 7) is 0.531. The maximum atomic E-state index is 6.52. The van der Waals surface area contributed by atoms with Crippen LogP contribution in [0.5, 0.6) is 5.75 Å². The normalized spacial score (nSPS) is 14.4. The van der Waals surface area contributed by atoms with Crippen molar-refractivity contribution in [1.82, 2.24) is 14.4 Å². The Morgan fingerprint density at radius 1 is 1.03 bits per heavy atom. The molecule has 1 aliphatic rings. The average molecular weight is 418 g/mol. The highest BCUT2D eigenvalue weighted by molar-refractivity contribution is 6.33. The number of hydrogen-bond donors (Lipinski definition) is 0. The van der Waals surface area contributed by atoms with E-state index in [1.54, 1.807) is 6.20 Å². The number of aromatic nitrogens is 3. The highest BCUT2D eigenvalue weighted by Gasteiger charge is 2.21. The minimum absolute atomic E-state index is 0.480. The Kier molecular flexibility index (Phi) is 5.41. The van der Waals surface area contributed by atoms with Crippen LogP contribution < -0.4 is 4.74 Å². The molecule has 0 saturated heterocycles. The number of ether oxygens (including phenoxy) is 1. The highest BCUT2D eigenvalue weighted by Crippen LogP contribution is 2.34. The third kappa shape index (κ3) is 3.92. The van der Waals surface area contributed by atoms with Crippen molar-refractivity contribution in [2.75, 3.05) is 0 Å². The molecule has 0 radical (unpaired) electrons. The molecule has 0 amide bonds. The summed E-state index contributed by atoms with van der Waals surface area (Å²) >= 11 is 6.52. The molecule has 0 bridgehead atoms. The second kappa shape index (κ2) is 8.49. The Labute approximate surface area is 181 Å². The van der Waals surface area contributed by atoms with Gasteiger partial charge in [-0.05, 0) is 23.6 Å². The van der Waals surface area contributed by atoms with Gasteiger partial charge < -0.3 is 4.74 Å². The lowest BCUT2D eigenvalue weighted by Crippen LogP contribution is -2.03. The molecular weight excluding hydrogens is 394 g/mol. The minimum atomic E-state index is 0.480. The lowest BCUT2D eigenvalue weighted by atomic mass is 10.0. The predicted molar refractivity (Wildman–Crippen MR) is 120 cm³/mol. The maximum Gasteiger partial charge on any atom is 0.155 e. The molecule has 2 heterocycles. The number of halogens is 1. The summed E-state index contributed by atoms with van der Waals surface area (Å²) in [6.07, 6.45) is 9.91. The minimum Gasteiger partial charge on any atom is -0.489 e. The van der Waals surface area contributed by atoms with Gasteiger partial charge in [-0.2, -0.15) is 0 Å². The van der Waals surface area contributed by atoms with E-state index in [0.717, 1.165) is 40.3 Å². The Balaban J connectivity index is 1.48. The summed E-state index contributed by atoms with van der Waals surface area (Å²) in [4.78, 5) is 9.34. The first-order valence-corrected chi connectivity index (χ1v) is 10.9. The third-order valence-electron chi connectivity index (χ3n) is 5.88. The average Bonchev–Trinajstić information content (AvgIpc) is 3.43. The third-order valence-corrected chi connectivity index (χ3v) is 6.16. The quantitative estimate of drug-likeness (QED) is 0.366. The molecule has 2 aromatic carbocycles. The molecule has 0 atom stereocenters. The first-order valence-electron chi connectivity index (χ1n) is 10.6. The van der Waals surface area contributed by atoms with Gasteiger partial charge in [0.25, 0.3) is 0 Å². The van der Waals surface area contributed by atoms with Crippen LogP contribution in [0.2, 0.25) is 5.15 Å². The zero-order valence-corrected chi connectivity index (χ0v) is 17.6. The van der Waals surface area contributed by atoms with Crippen molar-refractivity contribution in [3.8, 4) is 17.0 Å². The smallest absolute Gasteiger partial charge is 0.155 e. The number of rotatable bonds is 6. The van der Waals surface area contributed by atoms with E-state index in [-0.39, 0.29) is 0 Å². The van der Waals surface area contributed by atoms with Crippen LogP contribution in [0.15, 0.2) is 67.0 Å². The molecule has 5 rings (SSSR count). The van der Waals surface area contributed by atoms with Gasteiger partial charge in [0.05, 0.1) is 5.69 Å². The van der Waals surface area contributed by atoms with Gasteiger partial charge in [0.1, 0.15) is 23.7 Å². The lowest BCUT2D eigenvalue weighted by Gasteiger charge is -2.08. The van der Waals surface area contributed by atoms with Crippen molar-refractivity contribution >= 4 is 17.1 Å². The zero-order chi connectivity index (χ0) is 20.3. The first-order chi connectivity index (χ1) is 14.8. The van der Waals surface area contributed by atoms with Gasteiger partial charge in [0, 0.05) is 24.4 Å². The second-order valence-electron chi connectivity index (χ2n) is 7.97. The Morgan fingerprint density at radius 3 is 2.70 bits per heavy atom. The van der Waals surface area contributed by atoms with Gasteiger partial charge in [-0.3, -0.25) is 4.40 Å². The molecular formula is C25H24ClN3O. The van der Waals surface area contributed by atoms with Crippen molar-refractivity contribution in [3.63, 3.8) is 0 Å². The predicted octanol–water partition coefficient (Wildman–Crippen LogP) is 6.36. The van der Waals surface area contributed by atoms with E-state index < -0.39 is 0 Å². The molecule has 0 aliphatic heterocycles. The van der Waals surface area contributed by atoms with Crippen LogP contribution in [0.25, 0.3) is 16.8 Å². The number of imidazole rings is 1. The molecule has 1 aliphatic carbocycles. The molecule has 4 aromatic rings. The van der Waals surface area contributed by atoms with Gasteiger partial charge in [-0.1, -0.05) is 79.7 Å². The van der Waals surface area contributed by atoms with Gasteiger partial charge >= 0.3 is 0 Å². The number of hydrogen-bond acceptors (Lipinski definition) is 3. The van der Waals surface area contributed by atoms with Crippen LogP contribution in [0, 0.1) is 5.92 Å². The van der Waals surface area contributed by atoms with Crippen LogP contribution in [0.3, 0.4) is 0 Å². The van der Waals surface area contributed by atoms with Crippen LogP contribution >= 0.6 is 11.6 Å². The number of nitrogens with zero attached hydrogens (tertiary/aromatic N) is 3. The van der Waals surface area contributed by atoms with Crippen LogP contribution in [0.4, 0.5) is 0 Å². The number of benzene rings is 2. The largest absolute Gasteiger partial charge is 0.489 e. The van der Waals surface area contributed by atoms with Gasteiger partial charge in [0.2, 0.25) is 0 Å². The molecule has 5 heteroatoms. The van der Waals surface area contributed by atoms with Crippen molar-refractivity contribution in [3.05, 3.63) is 83.5 Å². The van der Waals surface area contributed by atoms with Crippen LogP contribution in [-0.4, -0.2) is 14.4 Å². The van der Waals surface area contributed by atoms with Crippen molar-refractivity contribution in [2.45, 2.75) is 38.7 Å². The van der Waals surface area contributed by atoms with Gasteiger partial charge in [0.15, 0.2) is 5.15 Å². The Morgan fingerprint density at radius 2 is 1.87 bits per heavy atom. The van der Waals surface area contributed by atoms with Crippen LogP contribution in [-0.2, 0) is 13.0 Å². The van der Waals surface area contributed by atoms with E-state index in [9.17, 15) is 0 Å². The maximum absolute atomic E-state index is 6.52. The van der Waals surface area contributed by atoms with E-state index in [2.05, 4.69) is 27.6 Å². The lowest BCUT2D eigenvalue weighted by molar-refractivity contribution is 0.306. The molecule has 152 valence electrons. The van der Waals surface area contributed by atoms with Crippen molar-refractivity contribution < 1.29 is 4.74 Å². The Hall–Kier alpha value is -2.85. The summed E-state index contributed by atoms with van der Waals surface area (Å²) in [5.74, 6) is 2.58. The van der Waals surface area contributed by atoms with Gasteiger partial charge in [-0.25, -0.2) is 9.97 Å².